The average Bonchev–Trinajstić information content (AvgIpc) is 2.38. The minimum absolute atomic E-state index is 0.387. The maximum absolute atomic E-state index is 11.9. The molecule has 0 aromatic heterocycles. The highest BCUT2D eigenvalue weighted by atomic mass is 31.2. The summed E-state index contributed by atoms with van der Waals surface area (Å²) in [6, 6.07) is 8.44. The van der Waals surface area contributed by atoms with Gasteiger partial charge in [0.15, 0.2) is 5.85 Å². The van der Waals surface area contributed by atoms with E-state index in [0.717, 1.165) is 0 Å². The van der Waals surface area contributed by atoms with Gasteiger partial charge in [-0.2, -0.15) is 0 Å². The van der Waals surface area contributed by atoms with Crippen molar-refractivity contribution in [1.82, 2.24) is 0 Å². The van der Waals surface area contributed by atoms with Gasteiger partial charge in [0, 0.05) is 14.2 Å². The van der Waals surface area contributed by atoms with Gasteiger partial charge in [0.1, 0.15) is 0 Å². The van der Waals surface area contributed by atoms with E-state index < -0.39 is 19.4 Å². The highest BCUT2D eigenvalue weighted by Gasteiger charge is 2.33. The summed E-state index contributed by atoms with van der Waals surface area (Å²) in [5.74, 6) is -1.52. The SMILES string of the molecule is COP(=O)(OC)[C@H](C)OC(=O)c1ccccc1. The van der Waals surface area contributed by atoms with Crippen LogP contribution in [0.2, 0.25) is 0 Å². The smallest absolute Gasteiger partial charge is 0.370 e. The van der Waals surface area contributed by atoms with Crippen LogP contribution in [-0.2, 0) is 18.3 Å². The molecular formula is C11H15O5P. The zero-order valence-corrected chi connectivity index (χ0v) is 10.8. The number of benzene rings is 1. The molecule has 0 aliphatic rings. The number of rotatable bonds is 5. The van der Waals surface area contributed by atoms with E-state index in [1.165, 1.54) is 21.1 Å². The molecule has 5 nitrogen and oxygen atoms in total. The zero-order chi connectivity index (χ0) is 12.9. The van der Waals surface area contributed by atoms with Crippen molar-refractivity contribution >= 4 is 13.6 Å². The van der Waals surface area contributed by atoms with Crippen molar-refractivity contribution in [2.24, 2.45) is 0 Å². The van der Waals surface area contributed by atoms with Crippen LogP contribution in [0.4, 0.5) is 0 Å². The largest absolute Gasteiger partial charge is 0.446 e. The molecule has 1 rings (SSSR count). The Morgan fingerprint density at radius 2 is 1.71 bits per heavy atom. The van der Waals surface area contributed by atoms with E-state index in [9.17, 15) is 9.36 Å². The molecule has 0 saturated carbocycles. The van der Waals surface area contributed by atoms with Crippen molar-refractivity contribution in [3.8, 4) is 0 Å². The second-order valence-corrected chi connectivity index (χ2v) is 5.81. The van der Waals surface area contributed by atoms with Crippen molar-refractivity contribution in [3.63, 3.8) is 0 Å². The Balaban J connectivity index is 2.73. The van der Waals surface area contributed by atoms with Crippen molar-refractivity contribution in [1.29, 1.82) is 0 Å². The summed E-state index contributed by atoms with van der Waals surface area (Å²) in [6.45, 7) is 1.47. The van der Waals surface area contributed by atoms with Crippen LogP contribution in [-0.4, -0.2) is 26.0 Å². The number of ether oxygens (including phenoxy) is 1. The fraction of sp³-hybridized carbons (Fsp3) is 0.364. The fourth-order valence-electron chi connectivity index (χ4n) is 1.23. The van der Waals surface area contributed by atoms with Gasteiger partial charge in [0.2, 0.25) is 0 Å². The first-order valence-electron chi connectivity index (χ1n) is 5.00. The minimum Gasteiger partial charge on any atom is -0.446 e. The van der Waals surface area contributed by atoms with Gasteiger partial charge in [-0.05, 0) is 19.1 Å². The topological polar surface area (TPSA) is 61.8 Å². The summed E-state index contributed by atoms with van der Waals surface area (Å²) < 4.78 is 26.4. The maximum atomic E-state index is 11.9. The minimum atomic E-state index is -3.39. The van der Waals surface area contributed by atoms with Crippen LogP contribution in [0.1, 0.15) is 17.3 Å². The van der Waals surface area contributed by atoms with E-state index in [0.29, 0.717) is 5.56 Å². The van der Waals surface area contributed by atoms with E-state index in [1.54, 1.807) is 30.3 Å². The Bertz CT molecular complexity index is 409. The lowest BCUT2D eigenvalue weighted by Gasteiger charge is -2.20. The second-order valence-electron chi connectivity index (χ2n) is 3.28. The summed E-state index contributed by atoms with van der Waals surface area (Å²) in [7, 11) is -0.895. The van der Waals surface area contributed by atoms with Crippen molar-refractivity contribution < 1.29 is 23.1 Å². The van der Waals surface area contributed by atoms with E-state index in [4.69, 9.17) is 13.8 Å². The number of carbonyl (C=O) groups excluding carboxylic acids is 1. The van der Waals surface area contributed by atoms with Gasteiger partial charge in [0.25, 0.3) is 0 Å². The van der Waals surface area contributed by atoms with Crippen molar-refractivity contribution in [2.75, 3.05) is 14.2 Å². The molecule has 0 heterocycles. The molecule has 0 amide bonds. The van der Waals surface area contributed by atoms with E-state index >= 15 is 0 Å². The average molecular weight is 258 g/mol. The maximum Gasteiger partial charge on any atom is 0.370 e. The molecule has 0 saturated heterocycles. The number of hydrogen-bond acceptors (Lipinski definition) is 5. The molecule has 0 N–H and O–H groups in total. The number of esters is 1. The third-order valence-corrected chi connectivity index (χ3v) is 4.26. The van der Waals surface area contributed by atoms with E-state index in [2.05, 4.69) is 0 Å². The van der Waals surface area contributed by atoms with Crippen LogP contribution in [0.3, 0.4) is 0 Å². The van der Waals surface area contributed by atoms with Crippen LogP contribution in [0, 0.1) is 0 Å². The van der Waals surface area contributed by atoms with Crippen molar-refractivity contribution in [2.45, 2.75) is 12.8 Å². The Morgan fingerprint density at radius 3 is 2.18 bits per heavy atom. The highest BCUT2D eigenvalue weighted by molar-refractivity contribution is 7.54. The Hall–Kier alpha value is -1.16. The summed E-state index contributed by atoms with van der Waals surface area (Å²) in [5.41, 5.74) is 0.387. The normalized spacial score (nSPS) is 13.1. The Labute approximate surface area is 100 Å². The second kappa shape index (κ2) is 5.96. The zero-order valence-electron chi connectivity index (χ0n) is 9.95. The van der Waals surface area contributed by atoms with Gasteiger partial charge in [-0.1, -0.05) is 18.2 Å². The molecule has 0 aliphatic carbocycles. The third kappa shape index (κ3) is 3.40. The predicted molar refractivity (Wildman–Crippen MR) is 62.9 cm³/mol. The first kappa shape index (κ1) is 13.9. The quantitative estimate of drug-likeness (QED) is 0.600. The van der Waals surface area contributed by atoms with E-state index in [1.807, 2.05) is 0 Å². The highest BCUT2D eigenvalue weighted by Crippen LogP contribution is 2.51. The first-order valence-corrected chi connectivity index (χ1v) is 6.62. The molecule has 0 fully saturated rings. The van der Waals surface area contributed by atoms with Gasteiger partial charge in [0.05, 0.1) is 5.56 Å². The molecule has 17 heavy (non-hydrogen) atoms. The van der Waals surface area contributed by atoms with Crippen LogP contribution in [0.15, 0.2) is 30.3 Å². The first-order chi connectivity index (χ1) is 8.03. The number of hydrogen-bond donors (Lipinski definition) is 0. The standard InChI is InChI=1S/C11H15O5P/c1-9(17(13,14-2)15-3)16-11(12)10-7-5-4-6-8-10/h4-9H,1-3H3/t9-/m1/s1. The molecule has 0 unspecified atom stereocenters. The Morgan fingerprint density at radius 1 is 1.18 bits per heavy atom. The van der Waals surface area contributed by atoms with Crippen LogP contribution in [0.25, 0.3) is 0 Å². The molecule has 0 aliphatic heterocycles. The van der Waals surface area contributed by atoms with Crippen molar-refractivity contribution in [3.05, 3.63) is 35.9 Å². The molecule has 0 bridgehead atoms. The molecular weight excluding hydrogens is 243 g/mol. The molecule has 6 heteroatoms. The molecule has 94 valence electrons. The lowest BCUT2D eigenvalue weighted by atomic mass is 10.2. The third-order valence-electron chi connectivity index (χ3n) is 2.24. The van der Waals surface area contributed by atoms with Crippen LogP contribution in [0.5, 0.6) is 0 Å². The number of carbonyl (C=O) groups is 1. The molecule has 1 aromatic carbocycles. The summed E-state index contributed by atoms with van der Waals surface area (Å²) in [4.78, 5) is 11.7. The monoisotopic (exact) mass is 258 g/mol. The van der Waals surface area contributed by atoms with Gasteiger partial charge in [-0.15, -0.1) is 0 Å². The van der Waals surface area contributed by atoms with Gasteiger partial charge in [-0.25, -0.2) is 4.79 Å². The van der Waals surface area contributed by atoms with Crippen LogP contribution < -0.4 is 0 Å². The summed E-state index contributed by atoms with van der Waals surface area (Å²) in [5, 5.41) is 0. The lowest BCUT2D eigenvalue weighted by Crippen LogP contribution is -2.17. The summed E-state index contributed by atoms with van der Waals surface area (Å²) >= 11 is 0. The fourth-order valence-corrected chi connectivity index (χ4v) is 2.20. The van der Waals surface area contributed by atoms with Gasteiger partial charge < -0.3 is 13.8 Å². The van der Waals surface area contributed by atoms with E-state index in [-0.39, 0.29) is 0 Å². The Kier molecular flexibility index (Phi) is 4.87. The molecule has 0 radical (unpaired) electrons. The molecule has 1 aromatic rings. The van der Waals surface area contributed by atoms with Gasteiger partial charge >= 0.3 is 13.6 Å². The van der Waals surface area contributed by atoms with Crippen LogP contribution >= 0.6 is 7.60 Å². The van der Waals surface area contributed by atoms with Gasteiger partial charge in [-0.3, -0.25) is 4.57 Å². The molecule has 0 spiro atoms. The molecule has 1 atom stereocenters. The lowest BCUT2D eigenvalue weighted by molar-refractivity contribution is 0.0414. The summed E-state index contributed by atoms with van der Waals surface area (Å²) in [6.07, 6.45) is 0. The predicted octanol–water partition coefficient (Wildman–Crippen LogP) is 2.68.